The van der Waals surface area contributed by atoms with Crippen LogP contribution in [0.5, 0.6) is 0 Å². The number of hydrogen-bond acceptors (Lipinski definition) is 4. The number of fused-ring (bicyclic) bond motifs is 1. The Balaban J connectivity index is 1.79. The summed E-state index contributed by atoms with van der Waals surface area (Å²) in [5.74, 6) is -0.0296. The molecule has 5 heteroatoms. The number of aryl methyl sites for hydroxylation is 1. The van der Waals surface area contributed by atoms with Gasteiger partial charge in [0.25, 0.3) is 0 Å². The monoisotopic (exact) mass is 301 g/mol. The Morgan fingerprint density at radius 3 is 2.73 bits per heavy atom. The molecule has 118 valence electrons. The van der Waals surface area contributed by atoms with Crippen molar-refractivity contribution in [3.63, 3.8) is 0 Å². The minimum atomic E-state index is -0.0792. The van der Waals surface area contributed by atoms with E-state index in [1.54, 1.807) is 0 Å². The van der Waals surface area contributed by atoms with Gasteiger partial charge in [0.2, 0.25) is 0 Å². The summed E-state index contributed by atoms with van der Waals surface area (Å²) in [4.78, 5) is 11.6. The van der Waals surface area contributed by atoms with Gasteiger partial charge in [-0.1, -0.05) is 6.92 Å². The Morgan fingerprint density at radius 2 is 2.09 bits per heavy atom. The van der Waals surface area contributed by atoms with E-state index in [4.69, 9.17) is 15.6 Å². The molecule has 2 aromatic rings. The first-order valence-electron chi connectivity index (χ1n) is 7.97. The summed E-state index contributed by atoms with van der Waals surface area (Å²) in [7, 11) is 1.46. The molecule has 1 aromatic carbocycles. The summed E-state index contributed by atoms with van der Waals surface area (Å²) in [5.41, 5.74) is 9.05. The van der Waals surface area contributed by atoms with Gasteiger partial charge in [0.1, 0.15) is 0 Å². The van der Waals surface area contributed by atoms with Gasteiger partial charge in [-0.15, -0.1) is 0 Å². The Morgan fingerprint density at radius 1 is 1.36 bits per heavy atom. The number of methoxy groups -OCH3 is 1. The minimum absolute atomic E-state index is 0.0496. The third-order valence-electron chi connectivity index (χ3n) is 4.77. The van der Waals surface area contributed by atoms with Crippen molar-refractivity contribution < 1.29 is 9.53 Å². The van der Waals surface area contributed by atoms with E-state index < -0.39 is 0 Å². The van der Waals surface area contributed by atoms with Gasteiger partial charge in [-0.2, -0.15) is 5.10 Å². The Labute approximate surface area is 130 Å². The summed E-state index contributed by atoms with van der Waals surface area (Å²) in [6, 6.07) is 4.46. The third kappa shape index (κ3) is 2.67. The molecule has 1 aliphatic rings. The van der Waals surface area contributed by atoms with Crippen molar-refractivity contribution in [1.82, 2.24) is 9.78 Å². The maximum atomic E-state index is 11.6. The van der Waals surface area contributed by atoms with Gasteiger partial charge in [0.05, 0.1) is 24.6 Å². The van der Waals surface area contributed by atoms with Crippen LogP contribution >= 0.6 is 0 Å². The lowest BCUT2D eigenvalue weighted by Gasteiger charge is -2.26. The number of benzene rings is 1. The van der Waals surface area contributed by atoms with Crippen LogP contribution in [0.2, 0.25) is 0 Å². The van der Waals surface area contributed by atoms with Crippen molar-refractivity contribution >= 4 is 22.6 Å². The predicted molar refractivity (Wildman–Crippen MR) is 86.5 cm³/mol. The molecule has 0 bridgehead atoms. The fourth-order valence-electron chi connectivity index (χ4n) is 3.39. The predicted octanol–water partition coefficient (Wildman–Crippen LogP) is 3.09. The van der Waals surface area contributed by atoms with Gasteiger partial charge >= 0.3 is 5.97 Å². The molecule has 0 aliphatic heterocycles. The number of nitrogens with two attached hydrogens (primary N) is 1. The molecular weight excluding hydrogens is 278 g/mol. The second kappa shape index (κ2) is 5.99. The number of aromatic nitrogens is 2. The largest absolute Gasteiger partial charge is 0.469 e. The van der Waals surface area contributed by atoms with Crippen molar-refractivity contribution in [2.24, 2.45) is 5.92 Å². The number of esters is 1. The molecule has 1 aromatic heterocycles. The minimum Gasteiger partial charge on any atom is -0.469 e. The molecule has 1 fully saturated rings. The van der Waals surface area contributed by atoms with Gasteiger partial charge in [0, 0.05) is 17.3 Å². The van der Waals surface area contributed by atoms with Crippen LogP contribution < -0.4 is 5.73 Å². The third-order valence-corrected chi connectivity index (χ3v) is 4.77. The maximum absolute atomic E-state index is 11.6. The van der Waals surface area contributed by atoms with E-state index in [-0.39, 0.29) is 11.9 Å². The van der Waals surface area contributed by atoms with E-state index >= 15 is 0 Å². The zero-order valence-corrected chi connectivity index (χ0v) is 13.2. The standard InChI is InChI=1S/C17H23N3O2/c1-3-11-9-16-13(8-15(11)18)10-20(19-16)14-6-4-12(5-7-14)17(21)22-2/h8-10,12,14H,3-7,18H2,1-2H3/t12-,14-. The number of anilines is 1. The number of hydrogen-bond donors (Lipinski definition) is 1. The number of nitrogen functional groups attached to an aromatic ring is 1. The first-order chi connectivity index (χ1) is 10.6. The SMILES string of the molecule is CCc1cc2nn([C@H]3CC[C@H](C(=O)OC)CC3)cc2cc1N. The highest BCUT2D eigenvalue weighted by atomic mass is 16.5. The van der Waals surface area contributed by atoms with Gasteiger partial charge in [-0.3, -0.25) is 9.48 Å². The van der Waals surface area contributed by atoms with Crippen LogP contribution in [0.4, 0.5) is 5.69 Å². The molecule has 0 atom stereocenters. The maximum Gasteiger partial charge on any atom is 0.308 e. The number of carbonyl (C=O) groups is 1. The van der Waals surface area contributed by atoms with Crippen molar-refractivity contribution in [3.8, 4) is 0 Å². The van der Waals surface area contributed by atoms with Crippen molar-refractivity contribution in [1.29, 1.82) is 0 Å². The zero-order chi connectivity index (χ0) is 15.7. The smallest absolute Gasteiger partial charge is 0.308 e. The van der Waals surface area contributed by atoms with E-state index in [0.29, 0.717) is 6.04 Å². The van der Waals surface area contributed by atoms with E-state index in [1.807, 2.05) is 6.07 Å². The number of carbonyl (C=O) groups excluding carboxylic acids is 1. The highest BCUT2D eigenvalue weighted by molar-refractivity contribution is 5.83. The van der Waals surface area contributed by atoms with E-state index in [0.717, 1.165) is 54.3 Å². The van der Waals surface area contributed by atoms with Crippen molar-refractivity contribution in [2.45, 2.75) is 45.1 Å². The van der Waals surface area contributed by atoms with E-state index in [9.17, 15) is 4.79 Å². The highest BCUT2D eigenvalue weighted by Crippen LogP contribution is 2.33. The van der Waals surface area contributed by atoms with Gasteiger partial charge in [-0.05, 0) is 49.8 Å². The summed E-state index contributed by atoms with van der Waals surface area (Å²) < 4.78 is 6.89. The summed E-state index contributed by atoms with van der Waals surface area (Å²) in [5, 5.41) is 5.81. The first-order valence-corrected chi connectivity index (χ1v) is 7.97. The van der Waals surface area contributed by atoms with Crippen LogP contribution in [0.3, 0.4) is 0 Å². The van der Waals surface area contributed by atoms with Gasteiger partial charge in [0.15, 0.2) is 0 Å². The van der Waals surface area contributed by atoms with E-state index in [1.165, 1.54) is 7.11 Å². The lowest BCUT2D eigenvalue weighted by Crippen LogP contribution is -2.24. The molecule has 0 amide bonds. The molecule has 0 radical (unpaired) electrons. The summed E-state index contributed by atoms with van der Waals surface area (Å²) in [6.07, 6.45) is 6.66. The molecule has 1 saturated carbocycles. The van der Waals surface area contributed by atoms with Crippen molar-refractivity contribution in [3.05, 3.63) is 23.9 Å². The van der Waals surface area contributed by atoms with Crippen molar-refractivity contribution in [2.75, 3.05) is 12.8 Å². The van der Waals surface area contributed by atoms with Crippen LogP contribution in [0.25, 0.3) is 10.9 Å². The molecule has 22 heavy (non-hydrogen) atoms. The van der Waals surface area contributed by atoms with Crippen LogP contribution in [0.1, 0.15) is 44.2 Å². The second-order valence-corrected chi connectivity index (χ2v) is 6.10. The van der Waals surface area contributed by atoms with E-state index in [2.05, 4.69) is 23.9 Å². The summed E-state index contributed by atoms with van der Waals surface area (Å²) in [6.45, 7) is 2.10. The first kappa shape index (κ1) is 14.9. The molecule has 0 spiro atoms. The Hall–Kier alpha value is -2.04. The average molecular weight is 301 g/mol. The lowest BCUT2D eigenvalue weighted by atomic mass is 9.86. The molecule has 2 N–H and O–H groups in total. The molecular formula is C17H23N3O2. The average Bonchev–Trinajstić information content (AvgIpc) is 2.96. The van der Waals surface area contributed by atoms with Gasteiger partial charge < -0.3 is 10.5 Å². The normalized spacial score (nSPS) is 21.9. The Kier molecular flexibility index (Phi) is 4.05. The lowest BCUT2D eigenvalue weighted by molar-refractivity contribution is -0.146. The van der Waals surface area contributed by atoms with Crippen LogP contribution in [-0.4, -0.2) is 22.9 Å². The number of ether oxygens (including phenoxy) is 1. The molecule has 0 unspecified atom stereocenters. The molecule has 3 rings (SSSR count). The number of nitrogens with zero attached hydrogens (tertiary/aromatic N) is 2. The molecule has 5 nitrogen and oxygen atoms in total. The summed E-state index contributed by atoms with van der Waals surface area (Å²) >= 11 is 0. The fourth-order valence-corrected chi connectivity index (χ4v) is 3.39. The van der Waals surface area contributed by atoms with Gasteiger partial charge in [-0.25, -0.2) is 0 Å². The molecule has 1 aliphatic carbocycles. The van der Waals surface area contributed by atoms with Crippen LogP contribution in [0.15, 0.2) is 18.3 Å². The fraction of sp³-hybridized carbons (Fsp3) is 0.529. The highest BCUT2D eigenvalue weighted by Gasteiger charge is 2.28. The van der Waals surface area contributed by atoms with Crippen LogP contribution in [0, 0.1) is 5.92 Å². The quantitative estimate of drug-likeness (QED) is 0.698. The molecule has 0 saturated heterocycles. The second-order valence-electron chi connectivity index (χ2n) is 6.10. The topological polar surface area (TPSA) is 70.1 Å². The Bertz CT molecular complexity index is 685. The molecule has 1 heterocycles. The van der Waals surface area contributed by atoms with Crippen LogP contribution in [-0.2, 0) is 16.0 Å². The zero-order valence-electron chi connectivity index (χ0n) is 13.2. The number of rotatable bonds is 3.